The summed E-state index contributed by atoms with van der Waals surface area (Å²) in [6.07, 6.45) is 11.0. The van der Waals surface area contributed by atoms with Gasteiger partial charge in [0.05, 0.1) is 6.20 Å². The van der Waals surface area contributed by atoms with Crippen LogP contribution in [-0.4, -0.2) is 65.5 Å². The van der Waals surface area contributed by atoms with E-state index in [1.807, 2.05) is 10.9 Å². The van der Waals surface area contributed by atoms with Gasteiger partial charge in [-0.05, 0) is 25.2 Å². The largest absolute Gasteiger partial charge is 0.356 e. The highest BCUT2D eigenvalue weighted by Crippen LogP contribution is 2.22. The zero-order chi connectivity index (χ0) is 17.9. The number of nitrogens with one attached hydrogen (secondary N) is 2. The molecular formula is C17H31N7O. The molecule has 0 atom stereocenters. The Morgan fingerprint density at radius 3 is 2.76 bits per heavy atom. The second-order valence-corrected chi connectivity index (χ2v) is 6.78. The molecule has 0 saturated heterocycles. The van der Waals surface area contributed by atoms with Crippen LogP contribution in [0, 0.1) is 5.92 Å². The van der Waals surface area contributed by atoms with Gasteiger partial charge in [-0.15, -0.1) is 5.10 Å². The molecule has 0 unspecified atom stereocenters. The Bertz CT molecular complexity index is 521. The average molecular weight is 349 g/mol. The van der Waals surface area contributed by atoms with Gasteiger partial charge < -0.3 is 15.5 Å². The molecule has 0 aliphatic heterocycles. The maximum Gasteiger partial charge on any atom is 0.243 e. The van der Waals surface area contributed by atoms with Crippen LogP contribution in [0.3, 0.4) is 0 Å². The molecule has 1 aromatic heterocycles. The molecule has 1 heterocycles. The van der Waals surface area contributed by atoms with Crippen LogP contribution >= 0.6 is 0 Å². The van der Waals surface area contributed by atoms with Crippen LogP contribution < -0.4 is 10.6 Å². The Kier molecular flexibility index (Phi) is 8.21. The molecule has 0 aromatic carbocycles. The molecule has 2 N–H and O–H groups in total. The maximum absolute atomic E-state index is 11.8. The number of likely N-dealkylation sites (N-methyl/N-ethyl adjacent to an activating group) is 1. The number of hydrogen-bond acceptors (Lipinski definition) is 4. The number of rotatable bonds is 8. The van der Waals surface area contributed by atoms with E-state index < -0.39 is 0 Å². The molecule has 8 nitrogen and oxygen atoms in total. The highest BCUT2D eigenvalue weighted by Gasteiger charge is 2.14. The number of carbonyl (C=O) groups is 1. The number of nitrogens with zero attached hydrogens (tertiary/aromatic N) is 5. The monoisotopic (exact) mass is 349 g/mol. The van der Waals surface area contributed by atoms with Crippen molar-refractivity contribution in [2.24, 2.45) is 10.9 Å². The van der Waals surface area contributed by atoms with E-state index in [9.17, 15) is 4.79 Å². The molecule has 1 aromatic rings. The lowest BCUT2D eigenvalue weighted by Gasteiger charge is -2.23. The van der Waals surface area contributed by atoms with E-state index in [1.54, 1.807) is 25.2 Å². The molecule has 1 saturated carbocycles. The Labute approximate surface area is 150 Å². The lowest BCUT2D eigenvalue weighted by atomic mass is 9.89. The summed E-state index contributed by atoms with van der Waals surface area (Å²) in [5.41, 5.74) is 0. The molecule has 2 rings (SSSR count). The zero-order valence-corrected chi connectivity index (χ0v) is 15.4. The van der Waals surface area contributed by atoms with Crippen LogP contribution in [0.4, 0.5) is 0 Å². The van der Waals surface area contributed by atoms with Crippen molar-refractivity contribution in [3.8, 4) is 0 Å². The van der Waals surface area contributed by atoms with Crippen molar-refractivity contribution in [1.29, 1.82) is 0 Å². The molecule has 1 aliphatic rings. The predicted molar refractivity (Wildman–Crippen MR) is 98.2 cm³/mol. The molecule has 8 heteroatoms. The van der Waals surface area contributed by atoms with E-state index in [0.717, 1.165) is 32.0 Å². The van der Waals surface area contributed by atoms with Crippen LogP contribution in [0.15, 0.2) is 17.4 Å². The van der Waals surface area contributed by atoms with Gasteiger partial charge in [0, 0.05) is 39.9 Å². The number of aryl methyl sites for hydroxylation is 1. The van der Waals surface area contributed by atoms with Gasteiger partial charge in [0.2, 0.25) is 5.91 Å². The SMILES string of the molecule is CN(C)C(=O)CN=C(NCCCn1ccnn1)NCC1CCCCC1. The Morgan fingerprint density at radius 2 is 2.08 bits per heavy atom. The van der Waals surface area contributed by atoms with Crippen LogP contribution in [0.1, 0.15) is 38.5 Å². The lowest BCUT2D eigenvalue weighted by Crippen LogP contribution is -2.41. The molecular weight excluding hydrogens is 318 g/mol. The second-order valence-electron chi connectivity index (χ2n) is 6.78. The summed E-state index contributed by atoms with van der Waals surface area (Å²) >= 11 is 0. The number of amides is 1. The van der Waals surface area contributed by atoms with Crippen LogP contribution in [-0.2, 0) is 11.3 Å². The van der Waals surface area contributed by atoms with Gasteiger partial charge in [0.25, 0.3) is 0 Å². The van der Waals surface area contributed by atoms with Gasteiger partial charge in [-0.2, -0.15) is 0 Å². The smallest absolute Gasteiger partial charge is 0.243 e. The second kappa shape index (κ2) is 10.7. The van der Waals surface area contributed by atoms with E-state index in [0.29, 0.717) is 5.92 Å². The molecule has 140 valence electrons. The number of hydrogen-bond donors (Lipinski definition) is 2. The summed E-state index contributed by atoms with van der Waals surface area (Å²) in [6.45, 7) is 2.66. The lowest BCUT2D eigenvalue weighted by molar-refractivity contribution is -0.127. The third-order valence-corrected chi connectivity index (χ3v) is 4.48. The summed E-state index contributed by atoms with van der Waals surface area (Å²) < 4.78 is 1.81. The van der Waals surface area contributed by atoms with Gasteiger partial charge in [-0.25, -0.2) is 4.99 Å². The van der Waals surface area contributed by atoms with Crippen LogP contribution in [0.25, 0.3) is 0 Å². The first kappa shape index (κ1) is 19.2. The minimum atomic E-state index is 0.00128. The van der Waals surface area contributed by atoms with Crippen molar-refractivity contribution in [3.63, 3.8) is 0 Å². The van der Waals surface area contributed by atoms with Crippen molar-refractivity contribution in [1.82, 2.24) is 30.5 Å². The number of carbonyl (C=O) groups excluding carboxylic acids is 1. The van der Waals surface area contributed by atoms with Crippen molar-refractivity contribution >= 4 is 11.9 Å². The van der Waals surface area contributed by atoms with Crippen molar-refractivity contribution in [2.75, 3.05) is 33.7 Å². The Morgan fingerprint density at radius 1 is 1.28 bits per heavy atom. The number of aromatic nitrogens is 3. The molecule has 1 aliphatic carbocycles. The maximum atomic E-state index is 11.8. The van der Waals surface area contributed by atoms with Crippen LogP contribution in [0.2, 0.25) is 0 Å². The highest BCUT2D eigenvalue weighted by molar-refractivity contribution is 5.84. The minimum absolute atomic E-state index is 0.00128. The van der Waals surface area contributed by atoms with Gasteiger partial charge in [0.1, 0.15) is 6.54 Å². The molecule has 25 heavy (non-hydrogen) atoms. The van der Waals surface area contributed by atoms with E-state index >= 15 is 0 Å². The standard InChI is InChI=1S/C17H31N7O/c1-23(2)16(25)14-20-17(19-13-15-7-4-3-5-8-15)18-9-6-11-24-12-10-21-22-24/h10,12,15H,3-9,11,13-14H2,1-2H3,(H2,18,19,20). The normalized spacial score (nSPS) is 15.8. The molecule has 1 fully saturated rings. The first-order valence-electron chi connectivity index (χ1n) is 9.21. The fourth-order valence-electron chi connectivity index (χ4n) is 2.89. The molecule has 0 bridgehead atoms. The van der Waals surface area contributed by atoms with E-state index in [1.165, 1.54) is 32.1 Å². The quantitative estimate of drug-likeness (QED) is 0.413. The van der Waals surface area contributed by atoms with Gasteiger partial charge in [-0.1, -0.05) is 24.5 Å². The molecule has 0 spiro atoms. The summed E-state index contributed by atoms with van der Waals surface area (Å²) in [5.74, 6) is 1.43. The predicted octanol–water partition coefficient (Wildman–Crippen LogP) is 0.872. The highest BCUT2D eigenvalue weighted by atomic mass is 16.2. The topological polar surface area (TPSA) is 87.4 Å². The van der Waals surface area contributed by atoms with Crippen molar-refractivity contribution in [3.05, 3.63) is 12.4 Å². The Hall–Kier alpha value is -2.12. The molecule has 1 amide bonds. The van der Waals surface area contributed by atoms with Gasteiger partial charge in [-0.3, -0.25) is 9.48 Å². The van der Waals surface area contributed by atoms with Crippen molar-refractivity contribution < 1.29 is 4.79 Å². The summed E-state index contributed by atoms with van der Waals surface area (Å²) in [7, 11) is 3.50. The third kappa shape index (κ3) is 7.53. The van der Waals surface area contributed by atoms with Gasteiger partial charge >= 0.3 is 0 Å². The fourth-order valence-corrected chi connectivity index (χ4v) is 2.89. The van der Waals surface area contributed by atoms with Gasteiger partial charge in [0.15, 0.2) is 5.96 Å². The van der Waals surface area contributed by atoms with Crippen molar-refractivity contribution in [2.45, 2.75) is 45.1 Å². The first-order valence-corrected chi connectivity index (χ1v) is 9.21. The summed E-state index contributed by atoms with van der Waals surface area (Å²) in [4.78, 5) is 17.8. The number of guanidine groups is 1. The minimum Gasteiger partial charge on any atom is -0.356 e. The third-order valence-electron chi connectivity index (χ3n) is 4.48. The first-order chi connectivity index (χ1) is 12.1. The zero-order valence-electron chi connectivity index (χ0n) is 15.4. The molecule has 0 radical (unpaired) electrons. The van der Waals surface area contributed by atoms with E-state index in [4.69, 9.17) is 0 Å². The summed E-state index contributed by atoms with van der Waals surface area (Å²) in [5, 5.41) is 14.5. The Balaban J connectivity index is 1.77. The summed E-state index contributed by atoms with van der Waals surface area (Å²) in [6, 6.07) is 0. The van der Waals surface area contributed by atoms with E-state index in [-0.39, 0.29) is 12.5 Å². The number of aliphatic imine (C=N–C) groups is 1. The fraction of sp³-hybridized carbons (Fsp3) is 0.765. The average Bonchev–Trinajstić information content (AvgIpc) is 3.14. The van der Waals surface area contributed by atoms with Crippen LogP contribution in [0.5, 0.6) is 0 Å². The van der Waals surface area contributed by atoms with E-state index in [2.05, 4.69) is 25.9 Å².